The van der Waals surface area contributed by atoms with Crippen LogP contribution in [0.3, 0.4) is 0 Å². The molecule has 2 saturated carbocycles. The number of hydrogen-bond acceptors (Lipinski definition) is 6. The summed E-state index contributed by atoms with van der Waals surface area (Å²) in [5.74, 6) is 2.74. The third kappa shape index (κ3) is 4.06. The number of carbonyl (C=O) groups is 2. The molecule has 2 heterocycles. The maximum atomic E-state index is 12.6. The summed E-state index contributed by atoms with van der Waals surface area (Å²) in [6, 6.07) is 9.13. The Morgan fingerprint density at radius 2 is 1.97 bits per heavy atom. The Kier molecular flexibility index (Phi) is 5.63. The van der Waals surface area contributed by atoms with Gasteiger partial charge >= 0.3 is 0 Å². The molecule has 2 amide bonds. The normalized spacial score (nSPS) is 21.3. The maximum Gasteiger partial charge on any atom is 0.254 e. The van der Waals surface area contributed by atoms with Gasteiger partial charge < -0.3 is 21.3 Å². The second-order valence-corrected chi connectivity index (χ2v) is 9.83. The minimum absolute atomic E-state index is 0.0179. The van der Waals surface area contributed by atoms with Crippen molar-refractivity contribution in [1.29, 1.82) is 0 Å². The monoisotopic (exact) mass is 462 g/mol. The Balaban J connectivity index is 1.25. The van der Waals surface area contributed by atoms with Gasteiger partial charge in [0.1, 0.15) is 22.8 Å². The van der Waals surface area contributed by atoms with Gasteiger partial charge in [-0.25, -0.2) is 4.68 Å². The van der Waals surface area contributed by atoms with E-state index < -0.39 is 5.91 Å². The summed E-state index contributed by atoms with van der Waals surface area (Å²) >= 11 is 0. The minimum atomic E-state index is -0.625. The summed E-state index contributed by atoms with van der Waals surface area (Å²) in [5, 5.41) is 11.4. The van der Waals surface area contributed by atoms with Crippen LogP contribution in [0.4, 0.5) is 11.6 Å². The number of anilines is 2. The van der Waals surface area contributed by atoms with Gasteiger partial charge in [-0.15, -0.1) is 0 Å². The summed E-state index contributed by atoms with van der Waals surface area (Å²) in [6.07, 6.45) is 5.22. The fourth-order valence-electron chi connectivity index (χ4n) is 5.56. The van der Waals surface area contributed by atoms with Gasteiger partial charge in [-0.3, -0.25) is 9.59 Å². The summed E-state index contributed by atoms with van der Waals surface area (Å²) in [4.78, 5) is 24.6. The highest BCUT2D eigenvalue weighted by Gasteiger charge is 2.42. The van der Waals surface area contributed by atoms with Crippen LogP contribution in [-0.4, -0.2) is 26.8 Å². The highest BCUT2D eigenvalue weighted by Crippen LogP contribution is 2.53. The molecule has 0 spiro atoms. The lowest BCUT2D eigenvalue weighted by atomic mass is 9.87. The average Bonchev–Trinajstić information content (AvgIpc) is 3.57. The number of nitrogens with one attached hydrogen (secondary N) is 1. The number of rotatable bonds is 7. The molecule has 9 heteroatoms. The Morgan fingerprint density at radius 3 is 2.59 bits per heavy atom. The molecular weight excluding hydrogens is 432 g/mol. The molecule has 2 aliphatic rings. The van der Waals surface area contributed by atoms with E-state index in [4.69, 9.17) is 16.0 Å². The van der Waals surface area contributed by atoms with Gasteiger partial charge in [0, 0.05) is 23.6 Å². The number of amides is 2. The summed E-state index contributed by atoms with van der Waals surface area (Å²) < 4.78 is 7.14. The van der Waals surface area contributed by atoms with Crippen LogP contribution in [0.2, 0.25) is 0 Å². The molecule has 3 atom stereocenters. The Labute approximate surface area is 197 Å². The molecule has 2 bridgehead atoms. The molecule has 0 aliphatic heterocycles. The SMILES string of the molecule is CC(C)n1nc(-c2ccc(CC(=O)Nc3cc(C4CC5CCC4C5)on3)cc2)c(C(N)=O)c1N. The number of carbonyl (C=O) groups excluding carboxylic acids is 2. The highest BCUT2D eigenvalue weighted by molar-refractivity contribution is 6.03. The van der Waals surface area contributed by atoms with Gasteiger partial charge in [-0.05, 0) is 50.5 Å². The van der Waals surface area contributed by atoms with Crippen LogP contribution in [0.5, 0.6) is 0 Å². The molecular formula is C25H30N6O3. The van der Waals surface area contributed by atoms with Gasteiger partial charge in [0.25, 0.3) is 5.91 Å². The van der Waals surface area contributed by atoms with Crippen LogP contribution in [0, 0.1) is 11.8 Å². The zero-order valence-electron chi connectivity index (χ0n) is 19.5. The quantitative estimate of drug-likeness (QED) is 0.486. The highest BCUT2D eigenvalue weighted by atomic mass is 16.5. The number of nitrogens with zero attached hydrogens (tertiary/aromatic N) is 3. The van der Waals surface area contributed by atoms with Crippen molar-refractivity contribution in [2.75, 3.05) is 11.1 Å². The first-order chi connectivity index (χ1) is 16.3. The van der Waals surface area contributed by atoms with Crippen LogP contribution < -0.4 is 16.8 Å². The molecule has 3 aromatic rings. The van der Waals surface area contributed by atoms with E-state index in [1.54, 1.807) is 4.68 Å². The smallest absolute Gasteiger partial charge is 0.254 e. The van der Waals surface area contributed by atoms with Crippen LogP contribution in [0.15, 0.2) is 34.9 Å². The summed E-state index contributed by atoms with van der Waals surface area (Å²) in [6.45, 7) is 3.85. The number of benzene rings is 1. The molecule has 5 rings (SSSR count). The standard InChI is InChI=1S/C25H30N6O3/c1-13(2)31-24(26)22(25(27)33)23(29-31)16-6-3-14(4-7-16)11-21(32)28-20-12-19(34-30-20)18-10-15-5-8-17(18)9-15/h3-4,6-7,12-13,15,17-18H,5,8-11,26H2,1-2H3,(H2,27,33)(H,28,30,32). The van der Waals surface area contributed by atoms with Crippen molar-refractivity contribution in [3.8, 4) is 11.3 Å². The average molecular weight is 463 g/mol. The van der Waals surface area contributed by atoms with Crippen molar-refractivity contribution in [2.45, 2.75) is 57.9 Å². The molecule has 34 heavy (non-hydrogen) atoms. The van der Waals surface area contributed by atoms with Gasteiger partial charge in [-0.2, -0.15) is 5.10 Å². The minimum Gasteiger partial charge on any atom is -0.383 e. The fourth-order valence-corrected chi connectivity index (χ4v) is 5.56. The first kappa shape index (κ1) is 22.2. The zero-order valence-corrected chi connectivity index (χ0v) is 19.5. The predicted octanol–water partition coefficient (Wildman–Crippen LogP) is 3.88. The van der Waals surface area contributed by atoms with E-state index in [2.05, 4.69) is 15.6 Å². The van der Waals surface area contributed by atoms with E-state index in [0.717, 1.165) is 23.7 Å². The zero-order chi connectivity index (χ0) is 24.0. The molecule has 178 valence electrons. The van der Waals surface area contributed by atoms with E-state index in [0.29, 0.717) is 28.9 Å². The molecule has 2 fully saturated rings. The third-order valence-corrected chi connectivity index (χ3v) is 7.17. The molecule has 2 aliphatic carbocycles. The van der Waals surface area contributed by atoms with Gasteiger partial charge in [-0.1, -0.05) is 35.8 Å². The lowest BCUT2D eigenvalue weighted by molar-refractivity contribution is -0.115. The van der Waals surface area contributed by atoms with Crippen LogP contribution in [-0.2, 0) is 11.2 Å². The maximum absolute atomic E-state index is 12.6. The molecule has 0 saturated heterocycles. The van der Waals surface area contributed by atoms with Crippen LogP contribution >= 0.6 is 0 Å². The van der Waals surface area contributed by atoms with E-state index in [-0.39, 0.29) is 29.8 Å². The Bertz CT molecular complexity index is 1230. The molecule has 3 unspecified atom stereocenters. The van der Waals surface area contributed by atoms with Crippen molar-refractivity contribution in [3.05, 3.63) is 47.2 Å². The lowest BCUT2D eigenvalue weighted by Gasteiger charge is -2.18. The second kappa shape index (κ2) is 8.62. The fraction of sp³-hybridized carbons (Fsp3) is 0.440. The predicted molar refractivity (Wildman–Crippen MR) is 128 cm³/mol. The molecule has 5 N–H and O–H groups in total. The largest absolute Gasteiger partial charge is 0.383 e. The number of primary amides is 1. The molecule has 2 aromatic heterocycles. The van der Waals surface area contributed by atoms with Crippen LogP contribution in [0.25, 0.3) is 11.3 Å². The molecule has 1 aromatic carbocycles. The summed E-state index contributed by atoms with van der Waals surface area (Å²) in [5.41, 5.74) is 13.8. The van der Waals surface area contributed by atoms with E-state index in [9.17, 15) is 9.59 Å². The Hall–Kier alpha value is -3.62. The van der Waals surface area contributed by atoms with Gasteiger partial charge in [0.05, 0.1) is 6.42 Å². The van der Waals surface area contributed by atoms with Crippen LogP contribution in [0.1, 0.15) is 73.2 Å². The third-order valence-electron chi connectivity index (χ3n) is 7.17. The number of nitrogen functional groups attached to an aromatic ring is 1. The second-order valence-electron chi connectivity index (χ2n) is 9.83. The number of hydrogen-bond donors (Lipinski definition) is 3. The van der Waals surface area contributed by atoms with E-state index in [1.165, 1.54) is 19.3 Å². The first-order valence-corrected chi connectivity index (χ1v) is 11.8. The summed E-state index contributed by atoms with van der Waals surface area (Å²) in [7, 11) is 0. The van der Waals surface area contributed by atoms with Gasteiger partial charge in [0.2, 0.25) is 5.91 Å². The number of aromatic nitrogens is 3. The Morgan fingerprint density at radius 1 is 1.21 bits per heavy atom. The molecule has 0 radical (unpaired) electrons. The molecule has 9 nitrogen and oxygen atoms in total. The van der Waals surface area contributed by atoms with Crippen molar-refractivity contribution >= 4 is 23.5 Å². The number of nitrogens with two attached hydrogens (primary N) is 2. The van der Waals surface area contributed by atoms with Crippen molar-refractivity contribution < 1.29 is 14.1 Å². The first-order valence-electron chi connectivity index (χ1n) is 11.8. The van der Waals surface area contributed by atoms with Crippen molar-refractivity contribution in [1.82, 2.24) is 14.9 Å². The lowest BCUT2D eigenvalue weighted by Crippen LogP contribution is -2.15. The van der Waals surface area contributed by atoms with E-state index >= 15 is 0 Å². The van der Waals surface area contributed by atoms with Crippen molar-refractivity contribution in [3.63, 3.8) is 0 Å². The van der Waals surface area contributed by atoms with E-state index in [1.807, 2.05) is 44.2 Å². The van der Waals surface area contributed by atoms with Crippen molar-refractivity contribution in [2.24, 2.45) is 17.6 Å². The van der Waals surface area contributed by atoms with Gasteiger partial charge in [0.15, 0.2) is 5.82 Å². The number of fused-ring (bicyclic) bond motifs is 2. The topological polar surface area (TPSA) is 142 Å².